The van der Waals surface area contributed by atoms with Gasteiger partial charge in [-0.1, -0.05) is 6.07 Å². The van der Waals surface area contributed by atoms with Gasteiger partial charge >= 0.3 is 5.97 Å². The molecule has 0 radical (unpaired) electrons. The van der Waals surface area contributed by atoms with E-state index in [1.54, 1.807) is 25.3 Å². The van der Waals surface area contributed by atoms with Crippen LogP contribution in [-0.2, 0) is 9.59 Å². The fraction of sp³-hybridized carbons (Fsp3) is 0.231. The molecule has 0 bridgehead atoms. The van der Waals surface area contributed by atoms with E-state index in [4.69, 9.17) is 0 Å². The second-order valence-electron chi connectivity index (χ2n) is 4.51. The lowest BCUT2D eigenvalue weighted by molar-refractivity contribution is -0.139. The van der Waals surface area contributed by atoms with Crippen LogP contribution in [0.15, 0.2) is 45.1 Å². The molecule has 1 N–H and O–H groups in total. The van der Waals surface area contributed by atoms with Crippen LogP contribution in [0.25, 0.3) is 0 Å². The van der Waals surface area contributed by atoms with E-state index in [1.807, 2.05) is 6.07 Å². The van der Waals surface area contributed by atoms with Crippen molar-refractivity contribution in [2.45, 2.75) is 17.3 Å². The number of hydrogen-bond donors (Lipinski definition) is 1. The van der Waals surface area contributed by atoms with E-state index in [0.717, 1.165) is 11.9 Å². The third-order valence-electron chi connectivity index (χ3n) is 3.09. The minimum absolute atomic E-state index is 0.0885. The molecule has 3 rings (SSSR count). The molecule has 0 saturated carbocycles. The Morgan fingerprint density at radius 1 is 1.57 bits per heavy atom. The van der Waals surface area contributed by atoms with Gasteiger partial charge in [-0.2, -0.15) is 0 Å². The highest BCUT2D eigenvalue weighted by molar-refractivity contribution is 8.01. The molecular weight excluding hydrogens is 310 g/mol. The van der Waals surface area contributed by atoms with E-state index < -0.39 is 5.97 Å². The number of rotatable bonds is 3. The van der Waals surface area contributed by atoms with E-state index in [1.165, 1.54) is 16.7 Å². The van der Waals surface area contributed by atoms with Crippen molar-refractivity contribution in [1.82, 2.24) is 9.88 Å². The summed E-state index contributed by atoms with van der Waals surface area (Å²) in [6, 6.07) is 5.45. The second-order valence-corrected chi connectivity index (χ2v) is 6.36. The summed E-state index contributed by atoms with van der Waals surface area (Å²) in [7, 11) is 0. The molecule has 21 heavy (non-hydrogen) atoms. The van der Waals surface area contributed by atoms with E-state index >= 15 is 0 Å². The monoisotopic (exact) mass is 321 g/mol. The van der Waals surface area contributed by atoms with Crippen LogP contribution in [0.4, 0.5) is 0 Å². The van der Waals surface area contributed by atoms with Gasteiger partial charge in [-0.05, 0) is 24.6 Å². The molecule has 0 spiro atoms. The summed E-state index contributed by atoms with van der Waals surface area (Å²) in [6.45, 7) is 1.73. The lowest BCUT2D eigenvalue weighted by atomic mass is 10.1. The van der Waals surface area contributed by atoms with Crippen molar-refractivity contribution in [2.75, 3.05) is 5.75 Å². The largest absolute Gasteiger partial charge is 0.477 e. The molecule has 1 fully saturated rings. The van der Waals surface area contributed by atoms with Gasteiger partial charge in [-0.3, -0.25) is 9.69 Å². The molecule has 1 aromatic rings. The van der Waals surface area contributed by atoms with E-state index in [-0.39, 0.29) is 17.0 Å². The molecule has 2 aliphatic heterocycles. The van der Waals surface area contributed by atoms with Gasteiger partial charge in [0.15, 0.2) is 0 Å². The smallest absolute Gasteiger partial charge is 0.352 e. The number of amides is 1. The molecule has 6 nitrogen and oxygen atoms in total. The van der Waals surface area contributed by atoms with Crippen LogP contribution in [0.3, 0.4) is 0 Å². The maximum Gasteiger partial charge on any atom is 0.352 e. The van der Waals surface area contributed by atoms with Crippen molar-refractivity contribution in [3.05, 3.63) is 35.7 Å². The van der Waals surface area contributed by atoms with Gasteiger partial charge in [0.2, 0.25) is 0 Å². The summed E-state index contributed by atoms with van der Waals surface area (Å²) < 4.78 is 4.23. The summed E-state index contributed by atoms with van der Waals surface area (Å²) in [5, 5.41) is 9.62. The number of carboxylic acid groups (broad SMARTS) is 1. The Kier molecular flexibility index (Phi) is 3.73. The van der Waals surface area contributed by atoms with Crippen LogP contribution in [0, 0.1) is 0 Å². The number of aromatic nitrogens is 1. The van der Waals surface area contributed by atoms with Gasteiger partial charge in [0.05, 0.1) is 0 Å². The van der Waals surface area contributed by atoms with E-state index in [0.29, 0.717) is 22.1 Å². The van der Waals surface area contributed by atoms with Crippen molar-refractivity contribution in [1.29, 1.82) is 0 Å². The van der Waals surface area contributed by atoms with Crippen molar-refractivity contribution in [3.63, 3.8) is 0 Å². The summed E-state index contributed by atoms with van der Waals surface area (Å²) in [6.07, 6.45) is 1.65. The third kappa shape index (κ3) is 2.44. The summed E-state index contributed by atoms with van der Waals surface area (Å²) in [5.41, 5.74) is 1.18. The standard InChI is InChI=1S/C13H11N3O3S2/c1-7-6-20-12-9(11(17)16(12)10(7)13(18)19)15-21-8-4-2-3-5-14-8/h2-5,12H,6H2,1H3,(H,18,19)/b15-9-/t12-/m1/s1. The van der Waals surface area contributed by atoms with Gasteiger partial charge in [0.1, 0.15) is 21.8 Å². The normalized spacial score (nSPS) is 23.1. The van der Waals surface area contributed by atoms with Gasteiger partial charge < -0.3 is 5.11 Å². The zero-order valence-corrected chi connectivity index (χ0v) is 12.6. The molecule has 1 amide bonds. The number of pyridine rings is 1. The number of β-lactam (4-membered cyclic amide) rings is 1. The topological polar surface area (TPSA) is 82.9 Å². The van der Waals surface area contributed by atoms with Crippen molar-refractivity contribution >= 4 is 41.3 Å². The predicted octanol–water partition coefficient (Wildman–Crippen LogP) is 1.80. The molecule has 108 valence electrons. The quantitative estimate of drug-likeness (QED) is 0.675. The summed E-state index contributed by atoms with van der Waals surface area (Å²) in [4.78, 5) is 28.8. The Hall–Kier alpha value is -1.80. The molecule has 8 heteroatoms. The van der Waals surface area contributed by atoms with Crippen LogP contribution < -0.4 is 0 Å². The first kappa shape index (κ1) is 14.2. The highest BCUT2D eigenvalue weighted by Gasteiger charge is 2.50. The number of hydrogen-bond acceptors (Lipinski definition) is 6. The van der Waals surface area contributed by atoms with Crippen molar-refractivity contribution in [2.24, 2.45) is 4.40 Å². The highest BCUT2D eigenvalue weighted by atomic mass is 32.2. The molecule has 1 saturated heterocycles. The first-order valence-corrected chi connectivity index (χ1v) is 7.96. The van der Waals surface area contributed by atoms with Crippen molar-refractivity contribution < 1.29 is 14.7 Å². The lowest BCUT2D eigenvalue weighted by Gasteiger charge is -2.44. The predicted molar refractivity (Wildman–Crippen MR) is 81.0 cm³/mol. The average Bonchev–Trinajstić information content (AvgIpc) is 2.48. The fourth-order valence-corrected chi connectivity index (χ4v) is 4.00. The molecule has 0 aromatic carbocycles. The van der Waals surface area contributed by atoms with Crippen LogP contribution in [0.5, 0.6) is 0 Å². The molecule has 1 atom stereocenters. The number of carbonyl (C=O) groups is 2. The summed E-state index contributed by atoms with van der Waals surface area (Å²) >= 11 is 2.64. The van der Waals surface area contributed by atoms with Crippen molar-refractivity contribution in [3.8, 4) is 0 Å². The number of aliphatic carboxylic acids is 1. The minimum Gasteiger partial charge on any atom is -0.477 e. The number of nitrogens with zero attached hydrogens (tertiary/aromatic N) is 3. The second kappa shape index (κ2) is 5.53. The maximum atomic E-state index is 12.1. The Morgan fingerprint density at radius 2 is 2.38 bits per heavy atom. The highest BCUT2D eigenvalue weighted by Crippen LogP contribution is 2.39. The van der Waals surface area contributed by atoms with Crippen LogP contribution >= 0.6 is 23.7 Å². The average molecular weight is 321 g/mol. The molecule has 3 heterocycles. The molecule has 0 aliphatic carbocycles. The molecule has 2 aliphatic rings. The number of carbonyl (C=O) groups excluding carboxylic acids is 1. The Bertz CT molecular complexity index is 672. The van der Waals surface area contributed by atoms with Gasteiger partial charge in [-0.25, -0.2) is 14.2 Å². The molecule has 0 unspecified atom stereocenters. The maximum absolute atomic E-state index is 12.1. The summed E-state index contributed by atoms with van der Waals surface area (Å²) in [5.74, 6) is -0.821. The number of fused-ring (bicyclic) bond motifs is 1. The van der Waals surface area contributed by atoms with Crippen LogP contribution in [0.1, 0.15) is 6.92 Å². The van der Waals surface area contributed by atoms with E-state index in [2.05, 4.69) is 9.38 Å². The first-order chi connectivity index (χ1) is 10.1. The molecule has 1 aromatic heterocycles. The van der Waals surface area contributed by atoms with Gasteiger partial charge in [-0.15, -0.1) is 11.8 Å². The lowest BCUT2D eigenvalue weighted by Crippen LogP contribution is -2.62. The fourth-order valence-electron chi connectivity index (χ4n) is 2.11. The first-order valence-electron chi connectivity index (χ1n) is 6.13. The third-order valence-corrected chi connectivity index (χ3v) is 5.15. The SMILES string of the molecule is CC1=C(C(=O)O)N2C(=O)/C(=N/Sc3ccccn3)[C@H]2SC1. The number of carboxylic acids is 1. The van der Waals surface area contributed by atoms with Crippen LogP contribution in [0.2, 0.25) is 0 Å². The van der Waals surface area contributed by atoms with Gasteiger partial charge in [0, 0.05) is 23.9 Å². The minimum atomic E-state index is -1.07. The zero-order valence-electron chi connectivity index (χ0n) is 11.0. The van der Waals surface area contributed by atoms with Crippen LogP contribution in [-0.4, -0.2) is 43.7 Å². The zero-order chi connectivity index (χ0) is 15.0. The Balaban J connectivity index is 1.81. The van der Waals surface area contributed by atoms with Gasteiger partial charge in [0.25, 0.3) is 5.91 Å². The Morgan fingerprint density at radius 3 is 3.05 bits per heavy atom. The van der Waals surface area contributed by atoms with E-state index in [9.17, 15) is 14.7 Å². The number of thioether (sulfide) groups is 1. The molecular formula is C13H11N3O3S2. The Labute approximate surface area is 129 Å².